The number of aromatic nitrogens is 4. The standard InChI is InChI=1S/C32H37N5O/c1-4-35(5-2)21-12-24-38-27-19-17-26(18-20-27)32-34-29-14-7-9-16-31(29)37(32)23-11-10-22-36-25(3)33-28-13-6-8-15-30(28)36/h6-11,13-20H,4-5,12,21-24H2,1-3H3/b11-10+. The zero-order valence-electron chi connectivity index (χ0n) is 22.7. The molecule has 2 heterocycles. The molecule has 0 N–H and O–H groups in total. The highest BCUT2D eigenvalue weighted by atomic mass is 16.5. The number of rotatable bonds is 12. The Morgan fingerprint density at radius 1 is 0.763 bits per heavy atom. The van der Waals surface area contributed by atoms with E-state index in [1.54, 1.807) is 0 Å². The van der Waals surface area contributed by atoms with Crippen molar-refractivity contribution in [2.24, 2.45) is 0 Å². The summed E-state index contributed by atoms with van der Waals surface area (Å²) in [5.74, 6) is 2.90. The van der Waals surface area contributed by atoms with E-state index in [0.717, 1.165) is 85.3 Å². The van der Waals surface area contributed by atoms with Gasteiger partial charge < -0.3 is 18.8 Å². The minimum Gasteiger partial charge on any atom is -0.494 e. The molecule has 0 saturated heterocycles. The average molecular weight is 508 g/mol. The molecule has 38 heavy (non-hydrogen) atoms. The first-order valence-corrected chi connectivity index (χ1v) is 13.7. The largest absolute Gasteiger partial charge is 0.494 e. The Morgan fingerprint density at radius 3 is 2.05 bits per heavy atom. The summed E-state index contributed by atoms with van der Waals surface area (Å²) >= 11 is 0. The van der Waals surface area contributed by atoms with Gasteiger partial charge in [-0.1, -0.05) is 50.3 Å². The van der Waals surface area contributed by atoms with Crippen molar-refractivity contribution in [3.05, 3.63) is 90.8 Å². The monoisotopic (exact) mass is 507 g/mol. The second-order valence-corrected chi connectivity index (χ2v) is 9.52. The Hall–Kier alpha value is -3.90. The van der Waals surface area contributed by atoms with Gasteiger partial charge in [-0.3, -0.25) is 0 Å². The van der Waals surface area contributed by atoms with Gasteiger partial charge in [-0.2, -0.15) is 0 Å². The van der Waals surface area contributed by atoms with Crippen molar-refractivity contribution in [1.82, 2.24) is 24.0 Å². The number of ether oxygens (including phenoxy) is 1. The number of allylic oxidation sites excluding steroid dienone is 2. The van der Waals surface area contributed by atoms with Gasteiger partial charge in [0, 0.05) is 25.2 Å². The molecule has 5 aromatic rings. The van der Waals surface area contributed by atoms with Crippen LogP contribution in [0.3, 0.4) is 0 Å². The zero-order chi connectivity index (χ0) is 26.3. The van der Waals surface area contributed by atoms with Crippen LogP contribution in [-0.2, 0) is 13.1 Å². The normalized spacial score (nSPS) is 11.9. The van der Waals surface area contributed by atoms with Crippen molar-refractivity contribution < 1.29 is 4.74 Å². The summed E-state index contributed by atoms with van der Waals surface area (Å²) < 4.78 is 10.5. The van der Waals surface area contributed by atoms with Gasteiger partial charge in [-0.05, 0) is 75.0 Å². The fourth-order valence-corrected chi connectivity index (χ4v) is 4.99. The van der Waals surface area contributed by atoms with E-state index in [1.165, 1.54) is 5.52 Å². The quantitative estimate of drug-likeness (QED) is 0.139. The Balaban J connectivity index is 1.29. The van der Waals surface area contributed by atoms with Crippen molar-refractivity contribution in [3.63, 3.8) is 0 Å². The highest BCUT2D eigenvalue weighted by molar-refractivity contribution is 5.81. The highest BCUT2D eigenvalue weighted by Gasteiger charge is 2.12. The molecular formula is C32H37N5O. The lowest BCUT2D eigenvalue weighted by Gasteiger charge is -2.17. The van der Waals surface area contributed by atoms with E-state index >= 15 is 0 Å². The maximum Gasteiger partial charge on any atom is 0.141 e. The van der Waals surface area contributed by atoms with Gasteiger partial charge in [0.05, 0.1) is 28.7 Å². The zero-order valence-corrected chi connectivity index (χ0v) is 22.7. The van der Waals surface area contributed by atoms with E-state index < -0.39 is 0 Å². The van der Waals surface area contributed by atoms with E-state index in [-0.39, 0.29) is 0 Å². The van der Waals surface area contributed by atoms with Crippen molar-refractivity contribution in [3.8, 4) is 17.1 Å². The fourth-order valence-electron chi connectivity index (χ4n) is 4.99. The van der Waals surface area contributed by atoms with Gasteiger partial charge >= 0.3 is 0 Å². The molecule has 0 saturated carbocycles. The summed E-state index contributed by atoms with van der Waals surface area (Å²) in [4.78, 5) is 12.1. The highest BCUT2D eigenvalue weighted by Crippen LogP contribution is 2.27. The van der Waals surface area contributed by atoms with Crippen LogP contribution in [0.1, 0.15) is 26.1 Å². The third kappa shape index (κ3) is 5.65. The number of hydrogen-bond acceptors (Lipinski definition) is 4. The lowest BCUT2D eigenvalue weighted by Crippen LogP contribution is -2.25. The molecule has 0 unspecified atom stereocenters. The van der Waals surface area contributed by atoms with E-state index in [0.29, 0.717) is 0 Å². The number of nitrogens with zero attached hydrogens (tertiary/aromatic N) is 5. The van der Waals surface area contributed by atoms with Crippen LogP contribution in [0.15, 0.2) is 84.9 Å². The molecule has 0 radical (unpaired) electrons. The van der Waals surface area contributed by atoms with Crippen LogP contribution < -0.4 is 4.74 Å². The topological polar surface area (TPSA) is 48.1 Å². The maximum absolute atomic E-state index is 6.01. The van der Waals surface area contributed by atoms with Crippen LogP contribution in [-0.4, -0.2) is 50.2 Å². The molecule has 0 spiro atoms. The molecule has 0 atom stereocenters. The van der Waals surface area contributed by atoms with Crippen molar-refractivity contribution in [2.75, 3.05) is 26.2 Å². The Bertz CT molecular complexity index is 1510. The predicted molar refractivity (Wildman–Crippen MR) is 157 cm³/mol. The van der Waals surface area contributed by atoms with Gasteiger partial charge in [0.1, 0.15) is 17.4 Å². The third-order valence-electron chi connectivity index (χ3n) is 7.14. The molecule has 3 aromatic carbocycles. The third-order valence-corrected chi connectivity index (χ3v) is 7.14. The van der Waals surface area contributed by atoms with Crippen molar-refractivity contribution >= 4 is 22.1 Å². The average Bonchev–Trinajstić information content (AvgIpc) is 3.48. The first kappa shape index (κ1) is 25.7. The maximum atomic E-state index is 6.01. The number of benzene rings is 3. The molecule has 0 amide bonds. The summed E-state index contributed by atoms with van der Waals surface area (Å²) in [6.45, 7) is 12.0. The van der Waals surface area contributed by atoms with Gasteiger partial charge in [0.15, 0.2) is 0 Å². The molecule has 5 rings (SSSR count). The smallest absolute Gasteiger partial charge is 0.141 e. The summed E-state index contributed by atoms with van der Waals surface area (Å²) in [6, 6.07) is 25.0. The van der Waals surface area contributed by atoms with Gasteiger partial charge in [0.2, 0.25) is 0 Å². The van der Waals surface area contributed by atoms with Crippen LogP contribution in [0.25, 0.3) is 33.5 Å². The van der Waals surface area contributed by atoms with E-state index in [4.69, 9.17) is 9.72 Å². The molecule has 0 bridgehead atoms. The second-order valence-electron chi connectivity index (χ2n) is 9.52. The van der Waals surface area contributed by atoms with Crippen LogP contribution in [0, 0.1) is 6.92 Å². The lowest BCUT2D eigenvalue weighted by molar-refractivity contribution is 0.249. The van der Waals surface area contributed by atoms with E-state index in [9.17, 15) is 0 Å². The minimum absolute atomic E-state index is 0.727. The van der Waals surface area contributed by atoms with Crippen LogP contribution in [0.5, 0.6) is 5.75 Å². The van der Waals surface area contributed by atoms with Crippen molar-refractivity contribution in [1.29, 1.82) is 0 Å². The summed E-state index contributed by atoms with van der Waals surface area (Å²) in [6.07, 6.45) is 5.47. The van der Waals surface area contributed by atoms with E-state index in [2.05, 4.69) is 113 Å². The van der Waals surface area contributed by atoms with Gasteiger partial charge in [-0.15, -0.1) is 0 Å². The molecule has 6 nitrogen and oxygen atoms in total. The van der Waals surface area contributed by atoms with Crippen LogP contribution in [0.4, 0.5) is 0 Å². The second kappa shape index (κ2) is 12.1. The minimum atomic E-state index is 0.727. The molecule has 0 aliphatic heterocycles. The van der Waals surface area contributed by atoms with E-state index in [1.807, 2.05) is 12.1 Å². The molecule has 196 valence electrons. The van der Waals surface area contributed by atoms with Gasteiger partial charge in [-0.25, -0.2) is 9.97 Å². The SMILES string of the molecule is CCN(CC)CCCOc1ccc(-c2nc3ccccc3n2C/C=C/Cn2c(C)nc3ccccc32)cc1. The van der Waals surface area contributed by atoms with Crippen LogP contribution in [0.2, 0.25) is 0 Å². The number of fused-ring (bicyclic) bond motifs is 2. The molecule has 6 heteroatoms. The first-order valence-electron chi connectivity index (χ1n) is 13.7. The first-order chi connectivity index (χ1) is 18.7. The number of hydrogen-bond donors (Lipinski definition) is 0. The molecular weight excluding hydrogens is 470 g/mol. The molecule has 0 aliphatic carbocycles. The van der Waals surface area contributed by atoms with Gasteiger partial charge in [0.25, 0.3) is 0 Å². The Labute approximate surface area is 225 Å². The summed E-state index contributed by atoms with van der Waals surface area (Å²) in [7, 11) is 0. The Kier molecular flexibility index (Phi) is 8.19. The number of aryl methyl sites for hydroxylation is 1. The molecule has 2 aromatic heterocycles. The fraction of sp³-hybridized carbons (Fsp3) is 0.312. The number of para-hydroxylation sites is 4. The lowest BCUT2D eigenvalue weighted by atomic mass is 10.2. The van der Waals surface area contributed by atoms with Crippen LogP contribution >= 0.6 is 0 Å². The predicted octanol–water partition coefficient (Wildman–Crippen LogP) is 6.73. The Morgan fingerprint density at radius 2 is 1.37 bits per heavy atom. The number of imidazole rings is 2. The summed E-state index contributed by atoms with van der Waals surface area (Å²) in [5.41, 5.74) is 5.43. The molecule has 0 fully saturated rings. The summed E-state index contributed by atoms with van der Waals surface area (Å²) in [5, 5.41) is 0. The van der Waals surface area contributed by atoms with Crippen molar-refractivity contribution in [2.45, 2.75) is 40.3 Å². The molecule has 0 aliphatic rings.